The summed E-state index contributed by atoms with van der Waals surface area (Å²) < 4.78 is 35.9. The molecule has 1 saturated heterocycles. The zero-order chi connectivity index (χ0) is 20.4. The number of anilines is 1. The van der Waals surface area contributed by atoms with Crippen molar-refractivity contribution in [1.82, 2.24) is 14.6 Å². The molecule has 0 spiro atoms. The van der Waals surface area contributed by atoms with Gasteiger partial charge >= 0.3 is 16.3 Å². The molecule has 0 saturated carbocycles. The molecule has 13 nitrogen and oxygen atoms in total. The van der Waals surface area contributed by atoms with E-state index in [0.717, 1.165) is 18.4 Å². The molecular weight excluding hydrogens is 406 g/mol. The molecular formula is C12H15N5O8S2. The summed E-state index contributed by atoms with van der Waals surface area (Å²) >= 11 is 1.02. The molecule has 0 unspecified atom stereocenters. The van der Waals surface area contributed by atoms with Gasteiger partial charge in [-0.3, -0.25) is 14.1 Å². The zero-order valence-electron chi connectivity index (χ0n) is 14.0. The Bertz CT molecular complexity index is 895. The number of carbonyl (C=O) groups is 3. The van der Waals surface area contributed by atoms with Gasteiger partial charge in [-0.25, -0.2) is 9.78 Å². The molecule has 2 rings (SSSR count). The molecule has 1 fully saturated rings. The van der Waals surface area contributed by atoms with Crippen LogP contribution in [0.3, 0.4) is 0 Å². The maximum atomic E-state index is 12.5. The number of nitrogen functional groups attached to an aromatic ring is 1. The second-order valence-corrected chi connectivity index (χ2v) is 7.14. The van der Waals surface area contributed by atoms with E-state index >= 15 is 0 Å². The van der Waals surface area contributed by atoms with Crippen molar-refractivity contribution in [2.45, 2.75) is 19.0 Å². The molecule has 1 aliphatic heterocycles. The van der Waals surface area contributed by atoms with Crippen LogP contribution in [0.25, 0.3) is 0 Å². The molecule has 1 aliphatic rings. The highest BCUT2D eigenvalue weighted by atomic mass is 32.2. The number of oxime groups is 1. The standard InChI is InChI=1S/C12H15N5O8S2/c1-3-25-16-6(5-4-26-12(13)14-5)9(18)15-7-8(11(20)24-2)17(10(7)19)27(21,22)23/h4,7-8H,3H2,1-2H3,(H2,13,14)(H,15,18)(H,21,22,23)/t7-,8-/m0/s1. The summed E-state index contributed by atoms with van der Waals surface area (Å²) in [5.41, 5.74) is 5.23. The Labute approximate surface area is 157 Å². The van der Waals surface area contributed by atoms with Gasteiger partial charge in [-0.05, 0) is 6.92 Å². The second-order valence-electron chi connectivity index (χ2n) is 4.96. The van der Waals surface area contributed by atoms with E-state index in [1.165, 1.54) is 5.38 Å². The second kappa shape index (κ2) is 7.85. The number of hydrogen-bond donors (Lipinski definition) is 3. The minimum absolute atomic E-state index is 0.0523. The normalized spacial score (nSPS) is 20.0. The number of rotatable bonds is 7. The Kier molecular flexibility index (Phi) is 5.97. The number of methoxy groups -OCH3 is 1. The number of ether oxygens (including phenoxy) is 1. The number of thiazole rings is 1. The lowest BCUT2D eigenvalue weighted by molar-refractivity contribution is -0.162. The summed E-state index contributed by atoms with van der Waals surface area (Å²) in [5, 5.41) is 7.32. The van der Waals surface area contributed by atoms with Crippen molar-refractivity contribution in [3.63, 3.8) is 0 Å². The van der Waals surface area contributed by atoms with Crippen LogP contribution in [0.5, 0.6) is 0 Å². The fraction of sp³-hybridized carbons (Fsp3) is 0.417. The van der Waals surface area contributed by atoms with Crippen molar-refractivity contribution >= 4 is 50.3 Å². The Balaban J connectivity index is 2.28. The molecule has 0 bridgehead atoms. The first-order chi connectivity index (χ1) is 12.6. The number of carbonyl (C=O) groups excluding carboxylic acids is 3. The lowest BCUT2D eigenvalue weighted by atomic mass is 9.98. The van der Waals surface area contributed by atoms with E-state index in [2.05, 4.69) is 20.2 Å². The first-order valence-electron chi connectivity index (χ1n) is 7.22. The predicted octanol–water partition coefficient (Wildman–Crippen LogP) is -1.86. The van der Waals surface area contributed by atoms with Crippen LogP contribution in [0.2, 0.25) is 0 Å². The van der Waals surface area contributed by atoms with E-state index in [1.807, 2.05) is 0 Å². The SMILES string of the molecule is CCON=C(C(=O)N[C@@H]1C(=O)N(S(=O)(=O)O)[C@@H]1C(=O)OC)c1csc(N)n1. The number of hydrogen-bond acceptors (Lipinski definition) is 11. The van der Waals surface area contributed by atoms with Crippen LogP contribution < -0.4 is 11.1 Å². The van der Waals surface area contributed by atoms with Crippen LogP contribution in [-0.2, 0) is 34.3 Å². The molecule has 148 valence electrons. The Morgan fingerprint density at radius 3 is 2.67 bits per heavy atom. The lowest BCUT2D eigenvalue weighted by Gasteiger charge is -2.41. The lowest BCUT2D eigenvalue weighted by Crippen LogP contribution is -2.74. The van der Waals surface area contributed by atoms with E-state index in [-0.39, 0.29) is 27.4 Å². The average Bonchev–Trinajstić information content (AvgIpc) is 3.01. The van der Waals surface area contributed by atoms with Gasteiger partial charge in [0.25, 0.3) is 11.8 Å². The van der Waals surface area contributed by atoms with Crippen molar-refractivity contribution in [3.05, 3.63) is 11.1 Å². The molecule has 0 aromatic carbocycles. The highest BCUT2D eigenvalue weighted by Gasteiger charge is 2.58. The number of amides is 2. The van der Waals surface area contributed by atoms with Gasteiger partial charge in [0.2, 0.25) is 0 Å². The number of aromatic nitrogens is 1. The summed E-state index contributed by atoms with van der Waals surface area (Å²) in [7, 11) is -4.07. The highest BCUT2D eigenvalue weighted by molar-refractivity contribution is 7.84. The van der Waals surface area contributed by atoms with Gasteiger partial charge in [0, 0.05) is 5.38 Å². The van der Waals surface area contributed by atoms with Gasteiger partial charge in [0.1, 0.15) is 18.3 Å². The van der Waals surface area contributed by atoms with Crippen LogP contribution in [0.1, 0.15) is 12.6 Å². The molecule has 0 radical (unpaired) electrons. The number of β-lactam (4-membered cyclic amide) rings is 1. The smallest absolute Gasteiger partial charge is 0.363 e. The molecule has 4 N–H and O–H groups in total. The summed E-state index contributed by atoms with van der Waals surface area (Å²) in [5.74, 6) is -3.36. The Morgan fingerprint density at radius 1 is 1.52 bits per heavy atom. The molecule has 15 heteroatoms. The van der Waals surface area contributed by atoms with E-state index < -0.39 is 40.2 Å². The fourth-order valence-corrected chi connectivity index (χ4v) is 3.54. The largest absolute Gasteiger partial charge is 0.467 e. The molecule has 2 heterocycles. The summed E-state index contributed by atoms with van der Waals surface area (Å²) in [6.45, 7) is 1.74. The van der Waals surface area contributed by atoms with Crippen molar-refractivity contribution < 1.29 is 36.9 Å². The van der Waals surface area contributed by atoms with Gasteiger partial charge < -0.3 is 20.6 Å². The minimum atomic E-state index is -5.02. The quantitative estimate of drug-likeness (QED) is 0.148. The van der Waals surface area contributed by atoms with Crippen molar-refractivity contribution in [2.75, 3.05) is 19.5 Å². The molecule has 1 aromatic heterocycles. The van der Waals surface area contributed by atoms with E-state index in [9.17, 15) is 22.8 Å². The van der Waals surface area contributed by atoms with Crippen molar-refractivity contribution in [2.24, 2.45) is 5.16 Å². The summed E-state index contributed by atoms with van der Waals surface area (Å²) in [4.78, 5) is 45.0. The van der Waals surface area contributed by atoms with Gasteiger partial charge in [-0.1, -0.05) is 5.16 Å². The van der Waals surface area contributed by atoms with Crippen LogP contribution >= 0.6 is 11.3 Å². The van der Waals surface area contributed by atoms with E-state index in [1.54, 1.807) is 6.92 Å². The molecule has 2 amide bonds. The molecule has 27 heavy (non-hydrogen) atoms. The highest BCUT2D eigenvalue weighted by Crippen LogP contribution is 2.25. The Hall–Kier alpha value is -2.78. The first kappa shape index (κ1) is 20.5. The number of esters is 1. The summed E-state index contributed by atoms with van der Waals surface area (Å²) in [6, 6.07) is -3.37. The van der Waals surface area contributed by atoms with Gasteiger partial charge in [-0.15, -0.1) is 11.3 Å². The van der Waals surface area contributed by atoms with E-state index in [0.29, 0.717) is 0 Å². The third-order valence-corrected chi connectivity index (χ3v) is 4.87. The maximum absolute atomic E-state index is 12.5. The van der Waals surface area contributed by atoms with E-state index in [4.69, 9.17) is 15.1 Å². The van der Waals surface area contributed by atoms with Crippen LogP contribution in [0, 0.1) is 0 Å². The van der Waals surface area contributed by atoms with Crippen LogP contribution in [0.15, 0.2) is 10.5 Å². The Morgan fingerprint density at radius 2 is 2.19 bits per heavy atom. The van der Waals surface area contributed by atoms with Gasteiger partial charge in [-0.2, -0.15) is 12.7 Å². The first-order valence-corrected chi connectivity index (χ1v) is 9.50. The number of nitrogens with one attached hydrogen (secondary N) is 1. The number of nitrogens with two attached hydrogens (primary N) is 1. The van der Waals surface area contributed by atoms with Crippen molar-refractivity contribution in [3.8, 4) is 0 Å². The molecule has 1 aromatic rings. The summed E-state index contributed by atoms with van der Waals surface area (Å²) in [6.07, 6.45) is 0. The third-order valence-electron chi connectivity index (χ3n) is 3.29. The maximum Gasteiger partial charge on any atom is 0.363 e. The van der Waals surface area contributed by atoms with Crippen LogP contribution in [0.4, 0.5) is 5.13 Å². The van der Waals surface area contributed by atoms with Gasteiger partial charge in [0.05, 0.1) is 7.11 Å². The average molecular weight is 421 g/mol. The molecule has 0 aliphatic carbocycles. The molecule has 2 atom stereocenters. The zero-order valence-corrected chi connectivity index (χ0v) is 15.6. The fourth-order valence-electron chi connectivity index (χ4n) is 2.15. The van der Waals surface area contributed by atoms with Gasteiger partial charge in [0.15, 0.2) is 16.9 Å². The van der Waals surface area contributed by atoms with Crippen molar-refractivity contribution in [1.29, 1.82) is 0 Å². The predicted molar refractivity (Wildman–Crippen MR) is 90.8 cm³/mol. The third kappa shape index (κ3) is 4.15. The minimum Gasteiger partial charge on any atom is -0.467 e. The number of nitrogens with zero attached hydrogens (tertiary/aromatic N) is 3. The monoisotopic (exact) mass is 421 g/mol. The topological polar surface area (TPSA) is 191 Å². The van der Waals surface area contributed by atoms with Crippen LogP contribution in [-0.4, -0.2) is 71.6 Å².